The van der Waals surface area contributed by atoms with Crippen LogP contribution in [0.3, 0.4) is 0 Å². The summed E-state index contributed by atoms with van der Waals surface area (Å²) in [5.41, 5.74) is 5.32. The van der Waals surface area contributed by atoms with Crippen molar-refractivity contribution in [1.82, 2.24) is 10.6 Å². The summed E-state index contributed by atoms with van der Waals surface area (Å²) in [5.74, 6) is -0.311. The Balaban J connectivity index is 0.00000441. The van der Waals surface area contributed by atoms with Crippen LogP contribution in [-0.4, -0.2) is 24.9 Å². The minimum atomic E-state index is -1.09. The maximum Gasteiger partial charge on any atom is 0.244 e. The Morgan fingerprint density at radius 1 is 0.955 bits per heavy atom. The molecule has 0 fully saturated rings. The third kappa shape index (κ3) is 5.66. The molecule has 1 unspecified atom stereocenters. The van der Waals surface area contributed by atoms with E-state index >= 15 is 0 Å². The van der Waals surface area contributed by atoms with Crippen molar-refractivity contribution in [2.75, 3.05) is 13.1 Å². The molecule has 1 aromatic rings. The molecule has 6 heteroatoms. The largest absolute Gasteiger partial charge is 0.354 e. The normalized spacial score (nSPS) is 13.5. The smallest absolute Gasteiger partial charge is 0.244 e. The molecule has 4 N–H and O–H groups in total. The summed E-state index contributed by atoms with van der Waals surface area (Å²) < 4.78 is 0. The fraction of sp³-hybridized carbons (Fsp3) is 0.500. The lowest BCUT2D eigenvalue weighted by molar-refractivity contribution is -0.129. The van der Waals surface area contributed by atoms with Crippen LogP contribution in [0.4, 0.5) is 0 Å². The topological polar surface area (TPSA) is 84.2 Å². The van der Waals surface area contributed by atoms with Crippen molar-refractivity contribution in [3.8, 4) is 0 Å². The number of amides is 2. The highest BCUT2D eigenvalue weighted by atomic mass is 35.5. The lowest BCUT2D eigenvalue weighted by atomic mass is 9.92. The molecule has 1 rings (SSSR count). The molecule has 1 aromatic carbocycles. The molecule has 124 valence electrons. The van der Waals surface area contributed by atoms with Gasteiger partial charge in [-0.1, -0.05) is 51.1 Å². The molecule has 0 heterocycles. The van der Waals surface area contributed by atoms with Crippen molar-refractivity contribution in [2.24, 2.45) is 11.1 Å². The Bertz CT molecular complexity index is 496. The maximum absolute atomic E-state index is 12.2. The average Bonchev–Trinajstić information content (AvgIpc) is 2.42. The standard InChI is InChI=1S/C16H25N3O2.ClH/c1-15(2,3)13(20)18-10-11-19-14(21)16(4,17)12-8-6-5-7-9-12;/h5-9H,10-11,17H2,1-4H3,(H,18,20)(H,19,21);1H. The second-order valence-electron chi connectivity index (χ2n) is 6.33. The second kappa shape index (κ2) is 8.15. The van der Waals surface area contributed by atoms with Crippen molar-refractivity contribution in [2.45, 2.75) is 33.2 Å². The zero-order chi connectivity index (χ0) is 16.1. The quantitative estimate of drug-likeness (QED) is 0.718. The Morgan fingerprint density at radius 2 is 1.41 bits per heavy atom. The summed E-state index contributed by atoms with van der Waals surface area (Å²) in [6.07, 6.45) is 0. The molecule has 5 nitrogen and oxygen atoms in total. The number of nitrogens with one attached hydrogen (secondary N) is 2. The molecule has 0 bridgehead atoms. The molecular weight excluding hydrogens is 302 g/mol. The summed E-state index contributed by atoms with van der Waals surface area (Å²) in [6.45, 7) is 7.92. The van der Waals surface area contributed by atoms with E-state index in [2.05, 4.69) is 10.6 Å². The van der Waals surface area contributed by atoms with E-state index in [1.54, 1.807) is 6.92 Å². The van der Waals surface area contributed by atoms with Gasteiger partial charge in [0, 0.05) is 18.5 Å². The van der Waals surface area contributed by atoms with Crippen LogP contribution in [0.25, 0.3) is 0 Å². The van der Waals surface area contributed by atoms with Gasteiger partial charge in [-0.05, 0) is 12.5 Å². The Labute approximate surface area is 138 Å². The predicted octanol–water partition coefficient (Wildman–Crippen LogP) is 1.56. The highest BCUT2D eigenvalue weighted by Gasteiger charge is 2.30. The van der Waals surface area contributed by atoms with Crippen molar-refractivity contribution in [3.05, 3.63) is 35.9 Å². The van der Waals surface area contributed by atoms with Gasteiger partial charge in [0.15, 0.2) is 0 Å². The van der Waals surface area contributed by atoms with Crippen LogP contribution < -0.4 is 16.4 Å². The van der Waals surface area contributed by atoms with Crippen LogP contribution in [0.5, 0.6) is 0 Å². The van der Waals surface area contributed by atoms with E-state index in [1.165, 1.54) is 0 Å². The predicted molar refractivity (Wildman–Crippen MR) is 90.7 cm³/mol. The number of halogens is 1. The number of hydrogen-bond donors (Lipinski definition) is 3. The first-order valence-electron chi connectivity index (χ1n) is 7.06. The molecular formula is C16H26ClN3O2. The van der Waals surface area contributed by atoms with Gasteiger partial charge in [0.2, 0.25) is 11.8 Å². The van der Waals surface area contributed by atoms with Gasteiger partial charge in [-0.25, -0.2) is 0 Å². The highest BCUT2D eigenvalue weighted by Crippen LogP contribution is 2.17. The monoisotopic (exact) mass is 327 g/mol. The number of hydrogen-bond acceptors (Lipinski definition) is 3. The van der Waals surface area contributed by atoms with Crippen molar-refractivity contribution >= 4 is 24.2 Å². The average molecular weight is 328 g/mol. The molecule has 0 radical (unpaired) electrons. The SMILES string of the molecule is CC(C)(C)C(=O)NCCNC(=O)C(C)(N)c1ccccc1.Cl. The lowest BCUT2D eigenvalue weighted by Gasteiger charge is -2.24. The molecule has 0 saturated heterocycles. The van der Waals surface area contributed by atoms with Crippen molar-refractivity contribution in [1.29, 1.82) is 0 Å². The second-order valence-corrected chi connectivity index (χ2v) is 6.33. The number of rotatable bonds is 5. The Morgan fingerprint density at radius 3 is 1.86 bits per heavy atom. The zero-order valence-corrected chi connectivity index (χ0v) is 14.4. The summed E-state index contributed by atoms with van der Waals surface area (Å²) in [7, 11) is 0. The van der Waals surface area contributed by atoms with Gasteiger partial charge < -0.3 is 16.4 Å². The van der Waals surface area contributed by atoms with Gasteiger partial charge in [0.1, 0.15) is 5.54 Å². The van der Waals surface area contributed by atoms with E-state index in [4.69, 9.17) is 5.73 Å². The first-order chi connectivity index (χ1) is 9.65. The highest BCUT2D eigenvalue weighted by molar-refractivity contribution is 5.87. The van der Waals surface area contributed by atoms with Crippen LogP contribution in [0.1, 0.15) is 33.3 Å². The van der Waals surface area contributed by atoms with Crippen LogP contribution >= 0.6 is 12.4 Å². The fourth-order valence-electron chi connectivity index (χ4n) is 1.72. The molecule has 0 aliphatic heterocycles. The van der Waals surface area contributed by atoms with E-state index in [0.29, 0.717) is 13.1 Å². The minimum Gasteiger partial charge on any atom is -0.354 e. The number of carbonyl (C=O) groups excluding carboxylic acids is 2. The van der Waals surface area contributed by atoms with Crippen LogP contribution in [0.2, 0.25) is 0 Å². The van der Waals surface area contributed by atoms with Crippen LogP contribution in [-0.2, 0) is 15.1 Å². The van der Waals surface area contributed by atoms with Gasteiger partial charge in [0.05, 0.1) is 0 Å². The fourth-order valence-corrected chi connectivity index (χ4v) is 1.72. The third-order valence-electron chi connectivity index (χ3n) is 3.22. The number of nitrogens with two attached hydrogens (primary N) is 1. The van der Waals surface area contributed by atoms with E-state index in [-0.39, 0.29) is 24.2 Å². The molecule has 1 atom stereocenters. The molecule has 0 saturated carbocycles. The summed E-state index contributed by atoms with van der Waals surface area (Å²) in [4.78, 5) is 23.8. The van der Waals surface area contributed by atoms with Crippen molar-refractivity contribution in [3.63, 3.8) is 0 Å². The number of carbonyl (C=O) groups is 2. The van der Waals surface area contributed by atoms with Gasteiger partial charge in [0.25, 0.3) is 0 Å². The molecule has 0 spiro atoms. The Kier molecular flexibility index (Phi) is 7.56. The van der Waals surface area contributed by atoms with E-state index < -0.39 is 11.0 Å². The summed E-state index contributed by atoms with van der Waals surface area (Å²) in [6, 6.07) is 9.20. The van der Waals surface area contributed by atoms with Gasteiger partial charge in [-0.2, -0.15) is 0 Å². The first kappa shape index (κ1) is 20.4. The third-order valence-corrected chi connectivity index (χ3v) is 3.22. The molecule has 0 aliphatic carbocycles. The van der Waals surface area contributed by atoms with E-state index in [0.717, 1.165) is 5.56 Å². The van der Waals surface area contributed by atoms with Gasteiger partial charge >= 0.3 is 0 Å². The summed E-state index contributed by atoms with van der Waals surface area (Å²) in [5, 5.41) is 5.52. The van der Waals surface area contributed by atoms with Crippen molar-refractivity contribution < 1.29 is 9.59 Å². The van der Waals surface area contributed by atoms with Gasteiger partial charge in [-0.15, -0.1) is 12.4 Å². The molecule has 2 amide bonds. The first-order valence-corrected chi connectivity index (χ1v) is 7.06. The zero-order valence-electron chi connectivity index (χ0n) is 13.6. The Hall–Kier alpha value is -1.59. The van der Waals surface area contributed by atoms with Crippen LogP contribution in [0.15, 0.2) is 30.3 Å². The number of benzene rings is 1. The van der Waals surface area contributed by atoms with Gasteiger partial charge in [-0.3, -0.25) is 9.59 Å². The van der Waals surface area contributed by atoms with E-state index in [1.807, 2.05) is 51.1 Å². The minimum absolute atomic E-state index is 0. The summed E-state index contributed by atoms with van der Waals surface area (Å²) >= 11 is 0. The molecule has 22 heavy (non-hydrogen) atoms. The maximum atomic E-state index is 12.2. The van der Waals surface area contributed by atoms with E-state index in [9.17, 15) is 9.59 Å². The van der Waals surface area contributed by atoms with Crippen LogP contribution in [0, 0.1) is 5.41 Å². The molecule has 0 aromatic heterocycles. The molecule has 0 aliphatic rings. The lowest BCUT2D eigenvalue weighted by Crippen LogP contribution is -2.50.